The molecular formula is C11H9BrFN3. The van der Waals surface area contributed by atoms with Gasteiger partial charge in [0.25, 0.3) is 0 Å². The first-order chi connectivity index (χ1) is 7.68. The first-order valence-electron chi connectivity index (χ1n) is 4.65. The minimum Gasteiger partial charge on any atom is -0.319 e. The summed E-state index contributed by atoms with van der Waals surface area (Å²) in [5.41, 5.74) is 7.44. The van der Waals surface area contributed by atoms with E-state index in [9.17, 15) is 4.39 Å². The smallest absolute Gasteiger partial charge is 0.124 e. The first-order valence-corrected chi connectivity index (χ1v) is 5.44. The quantitative estimate of drug-likeness (QED) is 0.920. The maximum absolute atomic E-state index is 12.9. The molecule has 0 radical (unpaired) electrons. The fourth-order valence-electron chi connectivity index (χ4n) is 1.38. The Hall–Kier alpha value is -1.33. The van der Waals surface area contributed by atoms with Crippen LogP contribution in [0.2, 0.25) is 0 Å². The third-order valence-corrected chi connectivity index (χ3v) is 2.89. The van der Waals surface area contributed by atoms with Crippen LogP contribution in [0.5, 0.6) is 0 Å². The molecule has 1 aromatic carbocycles. The summed E-state index contributed by atoms with van der Waals surface area (Å²) in [6, 6.07) is 3.98. The van der Waals surface area contributed by atoms with Crippen molar-refractivity contribution in [1.29, 1.82) is 0 Å². The number of halogens is 2. The molecule has 1 heterocycles. The van der Waals surface area contributed by atoms with Crippen molar-refractivity contribution in [2.75, 3.05) is 0 Å². The van der Waals surface area contributed by atoms with Crippen molar-refractivity contribution in [3.63, 3.8) is 0 Å². The van der Waals surface area contributed by atoms with E-state index in [1.807, 2.05) is 0 Å². The topological polar surface area (TPSA) is 51.8 Å². The molecule has 0 saturated carbocycles. The monoisotopic (exact) mass is 281 g/mol. The van der Waals surface area contributed by atoms with E-state index in [-0.39, 0.29) is 5.82 Å². The fraction of sp³-hybridized carbons (Fsp3) is 0.0909. The molecule has 2 N–H and O–H groups in total. The van der Waals surface area contributed by atoms with E-state index >= 15 is 0 Å². The van der Waals surface area contributed by atoms with Crippen LogP contribution in [0, 0.1) is 5.82 Å². The summed E-state index contributed by atoms with van der Waals surface area (Å²) >= 11 is 3.28. The zero-order valence-electron chi connectivity index (χ0n) is 8.27. The number of nitrogens with zero attached hydrogens (tertiary/aromatic N) is 2. The molecule has 82 valence electrons. The van der Waals surface area contributed by atoms with Gasteiger partial charge in [-0.3, -0.25) is 9.97 Å². The summed E-state index contributed by atoms with van der Waals surface area (Å²) in [7, 11) is 0. The second-order valence-corrected chi connectivity index (χ2v) is 4.13. The van der Waals surface area contributed by atoms with E-state index in [0.29, 0.717) is 10.2 Å². The zero-order valence-corrected chi connectivity index (χ0v) is 9.86. The Bertz CT molecular complexity index is 490. The second-order valence-electron chi connectivity index (χ2n) is 3.27. The highest BCUT2D eigenvalue weighted by molar-refractivity contribution is 9.10. The van der Waals surface area contributed by atoms with E-state index < -0.39 is 6.04 Å². The van der Waals surface area contributed by atoms with Crippen LogP contribution in [0.3, 0.4) is 0 Å². The summed E-state index contributed by atoms with van der Waals surface area (Å²) in [6.45, 7) is 0. The number of hydrogen-bond acceptors (Lipinski definition) is 3. The van der Waals surface area contributed by atoms with Crippen LogP contribution < -0.4 is 5.73 Å². The largest absolute Gasteiger partial charge is 0.319 e. The summed E-state index contributed by atoms with van der Waals surface area (Å²) in [5.74, 6) is -0.304. The highest BCUT2D eigenvalue weighted by atomic mass is 79.9. The number of hydrogen-bond donors (Lipinski definition) is 1. The van der Waals surface area contributed by atoms with Gasteiger partial charge in [0.15, 0.2) is 0 Å². The molecule has 0 saturated heterocycles. The summed E-state index contributed by atoms with van der Waals surface area (Å²) < 4.78 is 13.5. The Balaban J connectivity index is 2.38. The molecule has 0 amide bonds. The molecule has 3 nitrogen and oxygen atoms in total. The predicted octanol–water partition coefficient (Wildman–Crippen LogP) is 2.43. The Morgan fingerprint density at radius 3 is 2.75 bits per heavy atom. The maximum Gasteiger partial charge on any atom is 0.124 e. The minimum atomic E-state index is -0.413. The lowest BCUT2D eigenvalue weighted by Gasteiger charge is -2.12. The number of nitrogens with two attached hydrogens (primary N) is 1. The van der Waals surface area contributed by atoms with Gasteiger partial charge in [-0.05, 0) is 17.7 Å². The average molecular weight is 282 g/mol. The Kier molecular flexibility index (Phi) is 3.26. The van der Waals surface area contributed by atoms with Gasteiger partial charge in [-0.1, -0.05) is 22.0 Å². The summed E-state index contributed by atoms with van der Waals surface area (Å²) in [4.78, 5) is 8.06. The van der Waals surface area contributed by atoms with Gasteiger partial charge in [0.1, 0.15) is 5.82 Å². The number of rotatable bonds is 2. The fourth-order valence-corrected chi connectivity index (χ4v) is 1.98. The second kappa shape index (κ2) is 4.67. The third kappa shape index (κ3) is 2.25. The molecule has 0 aliphatic rings. The minimum absolute atomic E-state index is 0.304. The van der Waals surface area contributed by atoms with E-state index in [4.69, 9.17) is 5.73 Å². The molecule has 1 atom stereocenters. The zero-order chi connectivity index (χ0) is 11.5. The van der Waals surface area contributed by atoms with Crippen molar-refractivity contribution in [3.05, 3.63) is 58.3 Å². The highest BCUT2D eigenvalue weighted by Crippen LogP contribution is 2.26. The van der Waals surface area contributed by atoms with Gasteiger partial charge in [-0.25, -0.2) is 4.39 Å². The van der Waals surface area contributed by atoms with Gasteiger partial charge in [-0.15, -0.1) is 0 Å². The van der Waals surface area contributed by atoms with Crippen LogP contribution in [0.1, 0.15) is 17.3 Å². The van der Waals surface area contributed by atoms with Crippen LogP contribution in [0.15, 0.2) is 41.3 Å². The van der Waals surface area contributed by atoms with Crippen LogP contribution in [-0.2, 0) is 0 Å². The van der Waals surface area contributed by atoms with E-state index in [2.05, 4.69) is 25.9 Å². The van der Waals surface area contributed by atoms with Crippen LogP contribution >= 0.6 is 15.9 Å². The standard InChI is InChI=1S/C11H9BrFN3/c12-9-5-7(13)1-2-8(9)11(14)10-6-15-3-4-16-10/h1-6,11H,14H2. The van der Waals surface area contributed by atoms with E-state index in [1.54, 1.807) is 24.7 Å². The molecule has 1 aromatic heterocycles. The average Bonchev–Trinajstić information content (AvgIpc) is 2.29. The molecule has 0 fully saturated rings. The van der Waals surface area contributed by atoms with Gasteiger partial charge < -0.3 is 5.73 Å². The van der Waals surface area contributed by atoms with Gasteiger partial charge >= 0.3 is 0 Å². The van der Waals surface area contributed by atoms with Crippen LogP contribution in [-0.4, -0.2) is 9.97 Å². The van der Waals surface area contributed by atoms with Crippen molar-refractivity contribution >= 4 is 15.9 Å². The predicted molar refractivity (Wildman–Crippen MR) is 62.2 cm³/mol. The first kappa shape index (κ1) is 11.2. The van der Waals surface area contributed by atoms with Gasteiger partial charge in [-0.2, -0.15) is 0 Å². The van der Waals surface area contributed by atoms with Crippen molar-refractivity contribution in [1.82, 2.24) is 9.97 Å². The lowest BCUT2D eigenvalue weighted by molar-refractivity contribution is 0.625. The molecule has 2 aromatic rings. The number of aromatic nitrogens is 2. The molecule has 0 aliphatic heterocycles. The molecule has 0 spiro atoms. The maximum atomic E-state index is 12.9. The molecule has 16 heavy (non-hydrogen) atoms. The molecular weight excluding hydrogens is 273 g/mol. The van der Waals surface area contributed by atoms with Gasteiger partial charge in [0.2, 0.25) is 0 Å². The van der Waals surface area contributed by atoms with Crippen molar-refractivity contribution in [2.45, 2.75) is 6.04 Å². The van der Waals surface area contributed by atoms with Gasteiger partial charge in [0, 0.05) is 16.9 Å². The highest BCUT2D eigenvalue weighted by Gasteiger charge is 2.13. The molecule has 1 unspecified atom stereocenters. The van der Waals surface area contributed by atoms with Crippen molar-refractivity contribution in [2.24, 2.45) is 5.73 Å². The molecule has 5 heteroatoms. The normalized spacial score (nSPS) is 12.4. The van der Waals surface area contributed by atoms with Crippen molar-refractivity contribution in [3.8, 4) is 0 Å². The molecule has 0 bridgehead atoms. The lowest BCUT2D eigenvalue weighted by atomic mass is 10.1. The van der Waals surface area contributed by atoms with Crippen LogP contribution in [0.25, 0.3) is 0 Å². The number of benzene rings is 1. The van der Waals surface area contributed by atoms with E-state index in [1.165, 1.54) is 12.1 Å². The molecule has 2 rings (SSSR count). The van der Waals surface area contributed by atoms with Gasteiger partial charge in [0.05, 0.1) is 17.9 Å². The lowest BCUT2D eigenvalue weighted by Crippen LogP contribution is -2.14. The van der Waals surface area contributed by atoms with Crippen molar-refractivity contribution < 1.29 is 4.39 Å². The molecule has 0 aliphatic carbocycles. The summed E-state index contributed by atoms with van der Waals surface area (Å²) in [6.07, 6.45) is 4.75. The van der Waals surface area contributed by atoms with E-state index in [0.717, 1.165) is 5.56 Å². The SMILES string of the molecule is NC(c1cnccn1)c1ccc(F)cc1Br. The Labute approximate surface area is 101 Å². The Morgan fingerprint density at radius 2 is 2.12 bits per heavy atom. The Morgan fingerprint density at radius 1 is 1.31 bits per heavy atom. The third-order valence-electron chi connectivity index (χ3n) is 2.20. The van der Waals surface area contributed by atoms with Crippen LogP contribution in [0.4, 0.5) is 4.39 Å². The summed E-state index contributed by atoms with van der Waals surface area (Å²) in [5, 5.41) is 0.